The van der Waals surface area contributed by atoms with E-state index in [1.807, 2.05) is 6.07 Å². The van der Waals surface area contributed by atoms with Crippen LogP contribution in [0.5, 0.6) is 11.5 Å². The van der Waals surface area contributed by atoms with E-state index in [0.29, 0.717) is 44.7 Å². The summed E-state index contributed by atoms with van der Waals surface area (Å²) in [6.07, 6.45) is 2.96. The van der Waals surface area contributed by atoms with Crippen molar-refractivity contribution in [1.29, 1.82) is 0 Å². The maximum atomic E-state index is 14.3. The topological polar surface area (TPSA) is 82.6 Å². The van der Waals surface area contributed by atoms with Crippen molar-refractivity contribution in [2.75, 3.05) is 13.2 Å². The second kappa shape index (κ2) is 6.25. The molecule has 1 spiro atoms. The van der Waals surface area contributed by atoms with E-state index < -0.39 is 11.5 Å². The zero-order valence-corrected chi connectivity index (χ0v) is 15.3. The van der Waals surface area contributed by atoms with Gasteiger partial charge in [0.05, 0.1) is 12.8 Å². The molecule has 8 heteroatoms. The number of amidine groups is 1. The molecule has 1 aromatic carbocycles. The average Bonchev–Trinajstić information content (AvgIpc) is 2.69. The molecule has 0 aliphatic carbocycles. The molecule has 2 aliphatic rings. The molecule has 2 aromatic heterocycles. The van der Waals surface area contributed by atoms with Gasteiger partial charge in [0.15, 0.2) is 5.75 Å². The summed E-state index contributed by atoms with van der Waals surface area (Å²) < 4.78 is 26.0. The van der Waals surface area contributed by atoms with E-state index in [1.54, 1.807) is 36.5 Å². The molecule has 6 nitrogen and oxygen atoms in total. The molecule has 0 bridgehead atoms. The Morgan fingerprint density at radius 3 is 2.79 bits per heavy atom. The minimum atomic E-state index is -0.952. The van der Waals surface area contributed by atoms with Crippen LogP contribution in [0.3, 0.4) is 0 Å². The predicted octanol–water partition coefficient (Wildman–Crippen LogP) is 3.67. The van der Waals surface area contributed by atoms with Crippen LogP contribution in [0, 0.1) is 5.95 Å². The van der Waals surface area contributed by atoms with Gasteiger partial charge in [0.25, 0.3) is 0 Å². The van der Waals surface area contributed by atoms with Gasteiger partial charge >= 0.3 is 0 Å². The van der Waals surface area contributed by atoms with Crippen molar-refractivity contribution >= 4 is 17.4 Å². The van der Waals surface area contributed by atoms with E-state index in [1.165, 1.54) is 6.20 Å². The third-order valence-electron chi connectivity index (χ3n) is 4.89. The number of pyridine rings is 2. The maximum absolute atomic E-state index is 14.3. The maximum Gasteiger partial charge on any atom is 0.220 e. The molecule has 0 radical (unpaired) electrons. The summed E-state index contributed by atoms with van der Waals surface area (Å²) in [4.78, 5) is 12.6. The first-order valence-corrected chi connectivity index (χ1v) is 8.96. The van der Waals surface area contributed by atoms with Crippen molar-refractivity contribution in [2.45, 2.75) is 5.54 Å². The highest BCUT2D eigenvalue weighted by molar-refractivity contribution is 6.29. The number of ether oxygens (including phenoxy) is 2. The van der Waals surface area contributed by atoms with Gasteiger partial charge in [-0.15, -0.1) is 0 Å². The lowest BCUT2D eigenvalue weighted by Gasteiger charge is -2.39. The first kappa shape index (κ1) is 17.1. The Labute approximate surface area is 164 Å². The number of fused-ring (bicyclic) bond motifs is 4. The summed E-state index contributed by atoms with van der Waals surface area (Å²) in [5, 5.41) is 0.305. The monoisotopic (exact) mass is 396 g/mol. The molecule has 0 saturated carbocycles. The highest BCUT2D eigenvalue weighted by Crippen LogP contribution is 2.51. The van der Waals surface area contributed by atoms with Crippen LogP contribution < -0.4 is 10.5 Å². The number of nitrogens with zero attached hydrogens (tertiary/aromatic N) is 3. The predicted molar refractivity (Wildman–Crippen MR) is 102 cm³/mol. The van der Waals surface area contributed by atoms with Crippen molar-refractivity contribution in [3.8, 4) is 22.6 Å². The molecule has 140 valence electrons. The van der Waals surface area contributed by atoms with Crippen LogP contribution in [-0.2, 0) is 10.3 Å². The molecular formula is C20H14ClFN4O2. The van der Waals surface area contributed by atoms with Gasteiger partial charge in [-0.05, 0) is 35.9 Å². The number of hydrogen-bond donors (Lipinski definition) is 1. The lowest BCUT2D eigenvalue weighted by molar-refractivity contribution is 0.110. The van der Waals surface area contributed by atoms with Crippen molar-refractivity contribution in [2.24, 2.45) is 10.7 Å². The highest BCUT2D eigenvalue weighted by atomic mass is 35.5. The number of aromatic nitrogens is 2. The van der Waals surface area contributed by atoms with Gasteiger partial charge in [0.2, 0.25) is 5.95 Å². The van der Waals surface area contributed by atoms with Crippen LogP contribution in [0.15, 0.2) is 53.8 Å². The third-order valence-corrected chi connectivity index (χ3v) is 5.10. The van der Waals surface area contributed by atoms with Crippen LogP contribution in [0.2, 0.25) is 5.15 Å². The summed E-state index contributed by atoms with van der Waals surface area (Å²) in [6.45, 7) is 0.486. The van der Waals surface area contributed by atoms with E-state index in [9.17, 15) is 4.39 Å². The summed E-state index contributed by atoms with van der Waals surface area (Å²) in [5.74, 6) is 0.908. The normalized spacial score (nSPS) is 20.1. The SMILES string of the molecule is NC1=N[C@@]2(COC1)c1cc(-c3cccnc3F)ccc1Oc1cnc(Cl)cc12. The van der Waals surface area contributed by atoms with Gasteiger partial charge in [-0.2, -0.15) is 4.39 Å². The van der Waals surface area contributed by atoms with E-state index in [4.69, 9.17) is 31.8 Å². The fourth-order valence-electron chi connectivity index (χ4n) is 3.69. The summed E-state index contributed by atoms with van der Waals surface area (Å²) >= 11 is 6.15. The Morgan fingerprint density at radius 2 is 1.96 bits per heavy atom. The lowest BCUT2D eigenvalue weighted by Crippen LogP contribution is -2.42. The highest BCUT2D eigenvalue weighted by Gasteiger charge is 2.45. The first-order chi connectivity index (χ1) is 13.6. The summed E-state index contributed by atoms with van der Waals surface area (Å²) in [5.41, 5.74) is 7.52. The minimum Gasteiger partial charge on any atom is -0.455 e. The van der Waals surface area contributed by atoms with Crippen LogP contribution in [0.1, 0.15) is 11.1 Å². The molecule has 5 rings (SSSR count). The Morgan fingerprint density at radius 1 is 1.11 bits per heavy atom. The fourth-order valence-corrected chi connectivity index (χ4v) is 3.84. The zero-order chi connectivity index (χ0) is 19.3. The Bertz CT molecular complexity index is 1140. The van der Waals surface area contributed by atoms with E-state index in [0.717, 1.165) is 0 Å². The summed E-state index contributed by atoms with van der Waals surface area (Å²) in [7, 11) is 0. The largest absolute Gasteiger partial charge is 0.455 e. The molecule has 3 aromatic rings. The van der Waals surface area contributed by atoms with Gasteiger partial charge in [0.1, 0.15) is 28.9 Å². The van der Waals surface area contributed by atoms with Crippen LogP contribution in [0.25, 0.3) is 11.1 Å². The van der Waals surface area contributed by atoms with Gasteiger partial charge in [-0.1, -0.05) is 17.7 Å². The number of halogens is 2. The smallest absolute Gasteiger partial charge is 0.220 e. The van der Waals surface area contributed by atoms with E-state index in [-0.39, 0.29) is 13.2 Å². The first-order valence-electron chi connectivity index (χ1n) is 8.58. The van der Waals surface area contributed by atoms with Gasteiger partial charge in [0, 0.05) is 22.9 Å². The number of hydrogen-bond acceptors (Lipinski definition) is 6. The van der Waals surface area contributed by atoms with Crippen LogP contribution in [-0.4, -0.2) is 29.0 Å². The van der Waals surface area contributed by atoms with E-state index in [2.05, 4.69) is 9.97 Å². The van der Waals surface area contributed by atoms with Crippen molar-refractivity contribution in [3.63, 3.8) is 0 Å². The molecule has 2 N–H and O–H groups in total. The zero-order valence-electron chi connectivity index (χ0n) is 14.5. The molecule has 0 unspecified atom stereocenters. The molecule has 0 saturated heterocycles. The standard InChI is InChI=1S/C20H14ClFN4O2/c21-17-7-14-16(8-25-17)28-15-4-3-11(12-2-1-5-24-19(12)22)6-13(15)20(14)10-27-9-18(23)26-20/h1-8H,9-10H2,(H2,23,26)/t20-/m0/s1. The van der Waals surface area contributed by atoms with Crippen molar-refractivity contribution in [1.82, 2.24) is 9.97 Å². The molecule has 1 atom stereocenters. The van der Waals surface area contributed by atoms with Crippen LogP contribution >= 0.6 is 11.6 Å². The Kier molecular flexibility index (Phi) is 3.82. The average molecular weight is 397 g/mol. The van der Waals surface area contributed by atoms with Gasteiger partial charge < -0.3 is 15.2 Å². The lowest BCUT2D eigenvalue weighted by atomic mass is 9.80. The van der Waals surface area contributed by atoms with Crippen molar-refractivity contribution in [3.05, 3.63) is 71.0 Å². The molecule has 0 fully saturated rings. The van der Waals surface area contributed by atoms with Gasteiger partial charge in [-0.25, -0.2) is 9.97 Å². The number of benzene rings is 1. The number of nitrogens with two attached hydrogens (primary N) is 1. The molecular weight excluding hydrogens is 383 g/mol. The molecule has 28 heavy (non-hydrogen) atoms. The Hall–Kier alpha value is -3.03. The van der Waals surface area contributed by atoms with Crippen molar-refractivity contribution < 1.29 is 13.9 Å². The Balaban J connectivity index is 1.78. The van der Waals surface area contributed by atoms with Crippen LogP contribution in [0.4, 0.5) is 4.39 Å². The van der Waals surface area contributed by atoms with Gasteiger partial charge in [-0.3, -0.25) is 4.99 Å². The molecule has 4 heterocycles. The second-order valence-corrected chi connectivity index (χ2v) is 7.00. The molecule has 0 amide bonds. The fraction of sp³-hybridized carbons (Fsp3) is 0.150. The van der Waals surface area contributed by atoms with E-state index >= 15 is 0 Å². The number of aliphatic imine (C=N–C) groups is 1. The third kappa shape index (κ3) is 2.55. The number of rotatable bonds is 1. The second-order valence-electron chi connectivity index (χ2n) is 6.61. The molecule has 2 aliphatic heterocycles. The minimum absolute atomic E-state index is 0.239. The quantitative estimate of drug-likeness (QED) is 0.634. The summed E-state index contributed by atoms with van der Waals surface area (Å²) in [6, 6.07) is 10.4.